The maximum atomic E-state index is 13.0. The van der Waals surface area contributed by atoms with E-state index in [0.29, 0.717) is 23.6 Å². The lowest BCUT2D eigenvalue weighted by atomic mass is 9.97. The van der Waals surface area contributed by atoms with E-state index in [2.05, 4.69) is 0 Å². The third-order valence-corrected chi connectivity index (χ3v) is 5.60. The van der Waals surface area contributed by atoms with E-state index in [4.69, 9.17) is 30.5 Å². The highest BCUT2D eigenvalue weighted by Crippen LogP contribution is 2.38. The molecule has 160 valence electrons. The molecule has 30 heavy (non-hydrogen) atoms. The molecule has 2 fully saturated rings. The summed E-state index contributed by atoms with van der Waals surface area (Å²) < 4.78 is 22.4. The van der Waals surface area contributed by atoms with Gasteiger partial charge in [-0.3, -0.25) is 4.79 Å². The standard InChI is InChI=1S/C23H25ClO6/c1-4-27-16-8-5-13(6-9-16)11-15-12-14(7-10-17(15)24)18(25)20-19(26)21-22(28-20)30-23(2,3)29-21/h5-10,12,19-22,26H,4,11H2,1-3H3/t19-,20+,21+,22+/m1/s1. The van der Waals surface area contributed by atoms with Crippen LogP contribution in [-0.2, 0) is 20.6 Å². The first kappa shape index (κ1) is 21.3. The summed E-state index contributed by atoms with van der Waals surface area (Å²) >= 11 is 6.37. The molecular formula is C23H25ClO6. The molecule has 1 N–H and O–H groups in total. The van der Waals surface area contributed by atoms with Crippen molar-refractivity contribution in [3.8, 4) is 5.75 Å². The van der Waals surface area contributed by atoms with Crippen molar-refractivity contribution in [3.05, 3.63) is 64.2 Å². The molecule has 2 heterocycles. The van der Waals surface area contributed by atoms with Crippen LogP contribution >= 0.6 is 11.6 Å². The summed E-state index contributed by atoms with van der Waals surface area (Å²) in [5.41, 5.74) is 2.28. The molecule has 0 aliphatic carbocycles. The number of carbonyl (C=O) groups is 1. The lowest BCUT2D eigenvalue weighted by Crippen LogP contribution is -2.38. The van der Waals surface area contributed by atoms with E-state index in [1.165, 1.54) is 0 Å². The van der Waals surface area contributed by atoms with Gasteiger partial charge in [-0.15, -0.1) is 0 Å². The third kappa shape index (κ3) is 4.24. The predicted octanol–water partition coefficient (Wildman–Crippen LogP) is 3.75. The van der Waals surface area contributed by atoms with Gasteiger partial charge < -0.3 is 24.1 Å². The van der Waals surface area contributed by atoms with Crippen LogP contribution in [0.15, 0.2) is 42.5 Å². The average molecular weight is 433 g/mol. The molecule has 2 saturated heterocycles. The lowest BCUT2D eigenvalue weighted by molar-refractivity contribution is -0.208. The van der Waals surface area contributed by atoms with E-state index >= 15 is 0 Å². The summed E-state index contributed by atoms with van der Waals surface area (Å²) in [6, 6.07) is 12.8. The number of aliphatic hydroxyl groups is 1. The van der Waals surface area contributed by atoms with Crippen LogP contribution in [0.3, 0.4) is 0 Å². The Labute approximate surface area is 180 Å². The van der Waals surface area contributed by atoms with Gasteiger partial charge in [-0.1, -0.05) is 23.7 Å². The van der Waals surface area contributed by atoms with Gasteiger partial charge in [0.2, 0.25) is 0 Å². The summed E-state index contributed by atoms with van der Waals surface area (Å²) in [7, 11) is 0. The fourth-order valence-corrected chi connectivity index (χ4v) is 4.01. The van der Waals surface area contributed by atoms with Gasteiger partial charge in [0.1, 0.15) is 18.0 Å². The molecular weight excluding hydrogens is 408 g/mol. The maximum Gasteiger partial charge on any atom is 0.194 e. The minimum Gasteiger partial charge on any atom is -0.494 e. The number of aliphatic hydroxyl groups excluding tert-OH is 1. The zero-order valence-corrected chi connectivity index (χ0v) is 17.9. The second-order valence-electron chi connectivity index (χ2n) is 7.94. The van der Waals surface area contributed by atoms with Gasteiger partial charge in [0.05, 0.1) is 6.61 Å². The lowest BCUT2D eigenvalue weighted by Gasteiger charge is -2.22. The van der Waals surface area contributed by atoms with E-state index < -0.39 is 30.4 Å². The van der Waals surface area contributed by atoms with Crippen molar-refractivity contribution in [1.29, 1.82) is 0 Å². The van der Waals surface area contributed by atoms with Gasteiger partial charge in [0, 0.05) is 10.6 Å². The van der Waals surface area contributed by atoms with Crippen LogP contribution in [0.2, 0.25) is 5.02 Å². The zero-order valence-electron chi connectivity index (χ0n) is 17.1. The predicted molar refractivity (Wildman–Crippen MR) is 111 cm³/mol. The van der Waals surface area contributed by atoms with Gasteiger partial charge in [-0.05, 0) is 68.7 Å². The average Bonchev–Trinajstić information content (AvgIpc) is 3.17. The molecule has 2 aliphatic heterocycles. The highest BCUT2D eigenvalue weighted by molar-refractivity contribution is 6.31. The molecule has 0 radical (unpaired) electrons. The first-order valence-corrected chi connectivity index (χ1v) is 10.4. The molecule has 0 bridgehead atoms. The van der Waals surface area contributed by atoms with E-state index in [9.17, 15) is 9.90 Å². The van der Waals surface area contributed by atoms with E-state index in [1.54, 1.807) is 32.0 Å². The third-order valence-electron chi connectivity index (χ3n) is 5.23. The van der Waals surface area contributed by atoms with Crippen LogP contribution in [0.4, 0.5) is 0 Å². The second kappa shape index (κ2) is 8.29. The Hall–Kier alpha value is -1.96. The molecule has 0 saturated carbocycles. The number of ketones is 1. The molecule has 0 unspecified atom stereocenters. The van der Waals surface area contributed by atoms with E-state index in [1.807, 2.05) is 31.2 Å². The van der Waals surface area contributed by atoms with Gasteiger partial charge in [-0.25, -0.2) is 0 Å². The Bertz CT molecular complexity index is 926. The Morgan fingerprint density at radius 3 is 2.57 bits per heavy atom. The Morgan fingerprint density at radius 2 is 1.90 bits per heavy atom. The SMILES string of the molecule is CCOc1ccc(Cc2cc(C(=O)[C@@H]3O[C@H]4OC(C)(C)O[C@H]4[C@@H]3O)ccc2Cl)cc1. The summed E-state index contributed by atoms with van der Waals surface area (Å²) in [5.74, 6) is -0.372. The largest absolute Gasteiger partial charge is 0.494 e. The molecule has 2 aliphatic rings. The van der Waals surface area contributed by atoms with Crippen molar-refractivity contribution in [1.82, 2.24) is 0 Å². The van der Waals surface area contributed by atoms with Crippen molar-refractivity contribution in [3.63, 3.8) is 0 Å². The summed E-state index contributed by atoms with van der Waals surface area (Å²) in [6.45, 7) is 6.03. The molecule has 2 aromatic rings. The molecule has 0 aromatic heterocycles. The van der Waals surface area contributed by atoms with Crippen molar-refractivity contribution in [2.24, 2.45) is 0 Å². The number of fused-ring (bicyclic) bond motifs is 1. The Morgan fingerprint density at radius 1 is 1.17 bits per heavy atom. The topological polar surface area (TPSA) is 74.2 Å². The van der Waals surface area contributed by atoms with Crippen molar-refractivity contribution < 1.29 is 28.8 Å². The highest BCUT2D eigenvalue weighted by Gasteiger charge is 2.56. The minimum absolute atomic E-state index is 0.327. The number of hydrogen-bond acceptors (Lipinski definition) is 6. The zero-order chi connectivity index (χ0) is 21.5. The molecule has 0 amide bonds. The van der Waals surface area contributed by atoms with Crippen molar-refractivity contribution in [2.45, 2.75) is 57.6 Å². The van der Waals surface area contributed by atoms with Crippen LogP contribution in [0.5, 0.6) is 5.75 Å². The summed E-state index contributed by atoms with van der Waals surface area (Å²) in [4.78, 5) is 13.0. The molecule has 7 heteroatoms. The van der Waals surface area contributed by atoms with Crippen molar-refractivity contribution >= 4 is 17.4 Å². The normalized spacial score (nSPS) is 27.1. The number of Topliss-reactive ketones (excluding diaryl/α,β-unsaturated/α-hetero) is 1. The molecule has 2 aromatic carbocycles. The number of ether oxygens (including phenoxy) is 4. The number of halogens is 1. The molecule has 4 atom stereocenters. The first-order chi connectivity index (χ1) is 14.3. The molecule has 6 nitrogen and oxygen atoms in total. The van der Waals surface area contributed by atoms with Gasteiger partial charge in [-0.2, -0.15) is 0 Å². The van der Waals surface area contributed by atoms with E-state index in [0.717, 1.165) is 16.9 Å². The van der Waals surface area contributed by atoms with Gasteiger partial charge >= 0.3 is 0 Å². The minimum atomic E-state index is -1.10. The monoisotopic (exact) mass is 432 g/mol. The fraction of sp³-hybridized carbons (Fsp3) is 0.435. The quantitative estimate of drug-likeness (QED) is 0.701. The smallest absolute Gasteiger partial charge is 0.194 e. The number of rotatable bonds is 6. The number of benzene rings is 2. The second-order valence-corrected chi connectivity index (χ2v) is 8.35. The Balaban J connectivity index is 1.50. The van der Waals surface area contributed by atoms with Crippen LogP contribution < -0.4 is 4.74 Å². The fourth-order valence-electron chi connectivity index (χ4n) is 3.83. The summed E-state index contributed by atoms with van der Waals surface area (Å²) in [6.07, 6.45) is -3.04. The first-order valence-electron chi connectivity index (χ1n) is 10.0. The van der Waals surface area contributed by atoms with E-state index in [-0.39, 0.29) is 5.78 Å². The van der Waals surface area contributed by atoms with Gasteiger partial charge in [0.25, 0.3) is 0 Å². The highest BCUT2D eigenvalue weighted by atomic mass is 35.5. The molecule has 0 spiro atoms. The van der Waals surface area contributed by atoms with Crippen molar-refractivity contribution in [2.75, 3.05) is 6.61 Å². The van der Waals surface area contributed by atoms with Crippen LogP contribution in [0.25, 0.3) is 0 Å². The van der Waals surface area contributed by atoms with Gasteiger partial charge in [0.15, 0.2) is 24.0 Å². The van der Waals surface area contributed by atoms with Crippen LogP contribution in [-0.4, -0.2) is 47.9 Å². The van der Waals surface area contributed by atoms with Crippen LogP contribution in [0, 0.1) is 0 Å². The van der Waals surface area contributed by atoms with Crippen LogP contribution in [0.1, 0.15) is 42.3 Å². The maximum absolute atomic E-state index is 13.0. The Kier molecular flexibility index (Phi) is 5.88. The number of hydrogen-bond donors (Lipinski definition) is 1. The summed E-state index contributed by atoms with van der Waals surface area (Å²) in [5, 5.41) is 11.1. The number of carbonyl (C=O) groups excluding carboxylic acids is 1. The molecule has 4 rings (SSSR count).